The van der Waals surface area contributed by atoms with Gasteiger partial charge in [-0.1, -0.05) is 6.92 Å². The van der Waals surface area contributed by atoms with Crippen LogP contribution in [0.25, 0.3) is 0 Å². The number of nitrogens with zero attached hydrogens (tertiary/aromatic N) is 1. The lowest BCUT2D eigenvalue weighted by molar-refractivity contribution is -0.141. The number of nitrogens with one attached hydrogen (secondary N) is 1. The van der Waals surface area contributed by atoms with Crippen LogP contribution in [0.1, 0.15) is 12.5 Å². The first kappa shape index (κ1) is 17.6. The van der Waals surface area contributed by atoms with Gasteiger partial charge in [-0.05, 0) is 12.1 Å². The van der Waals surface area contributed by atoms with Gasteiger partial charge in [0.1, 0.15) is 11.5 Å². The molecule has 1 aromatic rings. The van der Waals surface area contributed by atoms with E-state index < -0.39 is 11.9 Å². The predicted octanol–water partition coefficient (Wildman–Crippen LogP) is 1.57. The minimum Gasteiger partial charge on any atom is -0.497 e. The molecule has 122 valence electrons. The molecule has 2 amide bonds. The zero-order valence-corrected chi connectivity index (χ0v) is 13.3. The van der Waals surface area contributed by atoms with Crippen LogP contribution in [-0.4, -0.2) is 49.8 Å². The highest BCUT2D eigenvalue weighted by atomic mass is 16.5. The van der Waals surface area contributed by atoms with Crippen LogP contribution in [0, 0.1) is 5.92 Å². The van der Waals surface area contributed by atoms with E-state index in [0.717, 1.165) is 5.56 Å². The molecule has 0 aliphatic rings. The number of hydrogen-bond acceptors (Lipinski definition) is 4. The molecule has 0 saturated heterocycles. The monoisotopic (exact) mass is 310 g/mol. The van der Waals surface area contributed by atoms with Gasteiger partial charge in [-0.2, -0.15) is 0 Å². The molecule has 1 rings (SSSR count). The van der Waals surface area contributed by atoms with Crippen LogP contribution in [-0.2, 0) is 11.3 Å². The zero-order chi connectivity index (χ0) is 16.7. The molecule has 0 radical (unpaired) electrons. The third-order valence-electron chi connectivity index (χ3n) is 3.24. The van der Waals surface area contributed by atoms with Gasteiger partial charge in [0.05, 0.1) is 20.1 Å². The van der Waals surface area contributed by atoms with E-state index >= 15 is 0 Å². The van der Waals surface area contributed by atoms with E-state index in [4.69, 9.17) is 14.6 Å². The molecule has 1 unspecified atom stereocenters. The highest BCUT2D eigenvalue weighted by Gasteiger charge is 2.17. The molecule has 1 atom stereocenters. The molecule has 22 heavy (non-hydrogen) atoms. The summed E-state index contributed by atoms with van der Waals surface area (Å²) in [5.74, 6) is -0.275. The second kappa shape index (κ2) is 8.11. The highest BCUT2D eigenvalue weighted by Crippen LogP contribution is 2.24. The number of benzene rings is 1. The second-order valence-corrected chi connectivity index (χ2v) is 4.96. The molecule has 0 aliphatic heterocycles. The van der Waals surface area contributed by atoms with E-state index in [1.54, 1.807) is 46.4 Å². The largest absolute Gasteiger partial charge is 0.497 e. The SMILES string of the molecule is COc1ccc(CNC(=O)N(C)CC(C)C(=O)O)c(OC)c1. The summed E-state index contributed by atoms with van der Waals surface area (Å²) in [4.78, 5) is 24.1. The Bertz CT molecular complexity index is 533. The normalized spacial score (nSPS) is 11.5. The molecule has 0 saturated carbocycles. The molecular weight excluding hydrogens is 288 g/mol. The molecule has 0 aromatic heterocycles. The van der Waals surface area contributed by atoms with Crippen molar-refractivity contribution in [1.29, 1.82) is 0 Å². The fourth-order valence-corrected chi connectivity index (χ4v) is 1.88. The number of urea groups is 1. The summed E-state index contributed by atoms with van der Waals surface area (Å²) in [6, 6.07) is 4.97. The van der Waals surface area contributed by atoms with Gasteiger partial charge in [-0.3, -0.25) is 4.79 Å². The first-order chi connectivity index (χ1) is 10.4. The van der Waals surface area contributed by atoms with E-state index in [-0.39, 0.29) is 19.1 Å². The minimum atomic E-state index is -0.934. The van der Waals surface area contributed by atoms with Gasteiger partial charge in [-0.25, -0.2) is 4.79 Å². The molecule has 7 heteroatoms. The predicted molar refractivity (Wildman–Crippen MR) is 81.2 cm³/mol. The molecular formula is C15H22N2O5. The Hall–Kier alpha value is -2.44. The first-order valence-corrected chi connectivity index (χ1v) is 6.81. The van der Waals surface area contributed by atoms with Crippen LogP contribution in [0.15, 0.2) is 18.2 Å². The van der Waals surface area contributed by atoms with Gasteiger partial charge < -0.3 is 24.8 Å². The second-order valence-electron chi connectivity index (χ2n) is 4.96. The van der Waals surface area contributed by atoms with Crippen LogP contribution >= 0.6 is 0 Å². The summed E-state index contributed by atoms with van der Waals surface area (Å²) >= 11 is 0. The Kier molecular flexibility index (Phi) is 6.49. The minimum absolute atomic E-state index is 0.140. The van der Waals surface area contributed by atoms with Crippen molar-refractivity contribution in [3.63, 3.8) is 0 Å². The summed E-state index contributed by atoms with van der Waals surface area (Å²) in [7, 11) is 4.66. The van der Waals surface area contributed by atoms with Gasteiger partial charge in [0.15, 0.2) is 0 Å². The average molecular weight is 310 g/mol. The summed E-state index contributed by atoms with van der Waals surface area (Å²) < 4.78 is 10.4. The Labute approximate surface area is 129 Å². The van der Waals surface area contributed by atoms with Gasteiger partial charge in [-0.15, -0.1) is 0 Å². The number of carbonyl (C=O) groups excluding carboxylic acids is 1. The van der Waals surface area contributed by atoms with Crippen LogP contribution in [0.2, 0.25) is 0 Å². The lowest BCUT2D eigenvalue weighted by Gasteiger charge is -2.20. The molecule has 0 fully saturated rings. The van der Waals surface area contributed by atoms with Crippen LogP contribution in [0.4, 0.5) is 4.79 Å². The number of hydrogen-bond donors (Lipinski definition) is 2. The number of carboxylic acids is 1. The van der Waals surface area contributed by atoms with Gasteiger partial charge in [0.2, 0.25) is 0 Å². The highest BCUT2D eigenvalue weighted by molar-refractivity contribution is 5.75. The number of aliphatic carboxylic acids is 1. The molecule has 0 spiro atoms. The number of rotatable bonds is 7. The first-order valence-electron chi connectivity index (χ1n) is 6.81. The maximum Gasteiger partial charge on any atom is 0.317 e. The van der Waals surface area contributed by atoms with Crippen molar-refractivity contribution in [3.05, 3.63) is 23.8 Å². The molecule has 0 heterocycles. The summed E-state index contributed by atoms with van der Waals surface area (Å²) in [6.07, 6.45) is 0. The van der Waals surface area contributed by atoms with Gasteiger partial charge in [0, 0.05) is 31.8 Å². The van der Waals surface area contributed by atoms with Gasteiger partial charge >= 0.3 is 12.0 Å². The third kappa shape index (κ3) is 4.83. The van der Waals surface area contributed by atoms with E-state index in [1.165, 1.54) is 4.90 Å². The lowest BCUT2D eigenvalue weighted by atomic mass is 10.2. The zero-order valence-electron chi connectivity index (χ0n) is 13.3. The average Bonchev–Trinajstić information content (AvgIpc) is 2.51. The quantitative estimate of drug-likeness (QED) is 0.798. The molecule has 2 N–H and O–H groups in total. The molecule has 0 aliphatic carbocycles. The fraction of sp³-hybridized carbons (Fsp3) is 0.467. The Balaban J connectivity index is 2.62. The maximum atomic E-state index is 12.0. The summed E-state index contributed by atoms with van der Waals surface area (Å²) in [5.41, 5.74) is 0.802. The Morgan fingerprint density at radius 3 is 2.55 bits per heavy atom. The Morgan fingerprint density at radius 1 is 1.32 bits per heavy atom. The van der Waals surface area contributed by atoms with Crippen LogP contribution in [0.3, 0.4) is 0 Å². The molecule has 0 bridgehead atoms. The lowest BCUT2D eigenvalue weighted by Crippen LogP contribution is -2.40. The topological polar surface area (TPSA) is 88.1 Å². The van der Waals surface area contributed by atoms with E-state index in [2.05, 4.69) is 5.32 Å². The van der Waals surface area contributed by atoms with E-state index in [1.807, 2.05) is 0 Å². The van der Waals surface area contributed by atoms with Crippen molar-refractivity contribution in [1.82, 2.24) is 10.2 Å². The van der Waals surface area contributed by atoms with Gasteiger partial charge in [0.25, 0.3) is 0 Å². The number of amides is 2. The van der Waals surface area contributed by atoms with E-state index in [9.17, 15) is 9.59 Å². The van der Waals surface area contributed by atoms with Crippen molar-refractivity contribution < 1.29 is 24.2 Å². The van der Waals surface area contributed by atoms with Crippen LogP contribution < -0.4 is 14.8 Å². The summed E-state index contributed by atoms with van der Waals surface area (Å²) in [5, 5.41) is 11.6. The number of carboxylic acid groups (broad SMARTS) is 1. The molecule has 7 nitrogen and oxygen atoms in total. The standard InChI is InChI=1S/C15H22N2O5/c1-10(14(18)19)9-17(2)15(20)16-8-11-5-6-12(21-3)7-13(11)22-4/h5-7,10H,8-9H2,1-4H3,(H,16,20)(H,18,19). The van der Waals surface area contributed by atoms with Crippen LogP contribution in [0.5, 0.6) is 11.5 Å². The molecule has 1 aromatic carbocycles. The van der Waals surface area contributed by atoms with Crippen molar-refractivity contribution >= 4 is 12.0 Å². The van der Waals surface area contributed by atoms with Crippen molar-refractivity contribution in [2.45, 2.75) is 13.5 Å². The summed E-state index contributed by atoms with van der Waals surface area (Å²) in [6.45, 7) is 1.97. The third-order valence-corrected chi connectivity index (χ3v) is 3.24. The maximum absolute atomic E-state index is 12.0. The Morgan fingerprint density at radius 2 is 2.00 bits per heavy atom. The smallest absolute Gasteiger partial charge is 0.317 e. The van der Waals surface area contributed by atoms with Crippen molar-refractivity contribution in [2.24, 2.45) is 5.92 Å². The van der Waals surface area contributed by atoms with Crippen molar-refractivity contribution in [3.8, 4) is 11.5 Å². The number of methoxy groups -OCH3 is 2. The number of carbonyl (C=O) groups is 2. The number of ether oxygens (including phenoxy) is 2. The van der Waals surface area contributed by atoms with Crippen molar-refractivity contribution in [2.75, 3.05) is 27.8 Å². The fourth-order valence-electron chi connectivity index (χ4n) is 1.88. The van der Waals surface area contributed by atoms with E-state index in [0.29, 0.717) is 11.5 Å².